The van der Waals surface area contributed by atoms with Gasteiger partial charge in [0.2, 0.25) is 5.91 Å². The molecule has 1 aromatic rings. The van der Waals surface area contributed by atoms with E-state index in [1.54, 1.807) is 6.92 Å². The fourth-order valence-corrected chi connectivity index (χ4v) is 1.60. The maximum Gasteiger partial charge on any atom is 0.225 e. The predicted octanol–water partition coefficient (Wildman–Crippen LogP) is 2.80. The topological polar surface area (TPSA) is 52.9 Å². The summed E-state index contributed by atoms with van der Waals surface area (Å²) in [7, 11) is 0. The molecule has 1 atom stereocenters. The van der Waals surface area contributed by atoms with Crippen LogP contribution in [-0.4, -0.2) is 11.4 Å². The lowest BCUT2D eigenvalue weighted by atomic mass is 10.0. The first-order chi connectivity index (χ1) is 7.99. The summed E-state index contributed by atoms with van der Waals surface area (Å²) in [6, 6.07) is 9.68. The standard InChI is InChI=1S/C13H15BrN2O/c1-3-13(2,9-15)16-12(17)8-10-4-6-11(14)7-5-10/h4-7H,3,8H2,1-2H3,(H,16,17). The number of nitriles is 1. The van der Waals surface area contributed by atoms with E-state index in [-0.39, 0.29) is 5.91 Å². The average molecular weight is 295 g/mol. The SMILES string of the molecule is CCC(C)(C#N)NC(=O)Cc1ccc(Br)cc1. The summed E-state index contributed by atoms with van der Waals surface area (Å²) in [6.07, 6.45) is 0.889. The van der Waals surface area contributed by atoms with E-state index in [0.29, 0.717) is 12.8 Å². The van der Waals surface area contributed by atoms with Crippen molar-refractivity contribution >= 4 is 21.8 Å². The number of nitrogens with one attached hydrogen (secondary N) is 1. The van der Waals surface area contributed by atoms with Crippen molar-refractivity contribution < 1.29 is 4.79 Å². The van der Waals surface area contributed by atoms with Gasteiger partial charge in [-0.1, -0.05) is 35.0 Å². The first kappa shape index (κ1) is 13.7. The first-order valence-corrected chi connectivity index (χ1v) is 6.25. The molecule has 0 bridgehead atoms. The highest BCUT2D eigenvalue weighted by Gasteiger charge is 2.23. The average Bonchev–Trinajstić information content (AvgIpc) is 2.32. The van der Waals surface area contributed by atoms with Crippen molar-refractivity contribution in [1.29, 1.82) is 5.26 Å². The highest BCUT2D eigenvalue weighted by atomic mass is 79.9. The summed E-state index contributed by atoms with van der Waals surface area (Å²) in [4.78, 5) is 11.8. The molecule has 1 aromatic carbocycles. The van der Waals surface area contributed by atoms with Gasteiger partial charge in [-0.3, -0.25) is 4.79 Å². The van der Waals surface area contributed by atoms with Crippen molar-refractivity contribution in [2.24, 2.45) is 0 Å². The molecule has 1 rings (SSSR count). The smallest absolute Gasteiger partial charge is 0.225 e. The Bertz CT molecular complexity index is 436. The summed E-state index contributed by atoms with van der Waals surface area (Å²) in [5.41, 5.74) is 0.161. The lowest BCUT2D eigenvalue weighted by Gasteiger charge is -2.21. The van der Waals surface area contributed by atoms with E-state index in [4.69, 9.17) is 5.26 Å². The van der Waals surface area contributed by atoms with Crippen LogP contribution in [0.2, 0.25) is 0 Å². The highest BCUT2D eigenvalue weighted by molar-refractivity contribution is 9.10. The van der Waals surface area contributed by atoms with E-state index in [1.165, 1.54) is 0 Å². The van der Waals surface area contributed by atoms with Crippen molar-refractivity contribution in [3.8, 4) is 6.07 Å². The molecule has 1 N–H and O–H groups in total. The lowest BCUT2D eigenvalue weighted by molar-refractivity contribution is -0.121. The second-order valence-electron chi connectivity index (χ2n) is 4.15. The van der Waals surface area contributed by atoms with Crippen LogP contribution in [0.3, 0.4) is 0 Å². The second-order valence-corrected chi connectivity index (χ2v) is 5.06. The molecular formula is C13H15BrN2O. The van der Waals surface area contributed by atoms with Gasteiger partial charge in [-0.05, 0) is 31.0 Å². The molecular weight excluding hydrogens is 280 g/mol. The molecule has 0 aliphatic carbocycles. The van der Waals surface area contributed by atoms with Crippen LogP contribution in [0.1, 0.15) is 25.8 Å². The minimum Gasteiger partial charge on any atom is -0.338 e. The fourth-order valence-electron chi connectivity index (χ4n) is 1.33. The van der Waals surface area contributed by atoms with Gasteiger partial charge in [0.25, 0.3) is 0 Å². The third kappa shape index (κ3) is 4.20. The number of benzene rings is 1. The van der Waals surface area contributed by atoms with E-state index >= 15 is 0 Å². The van der Waals surface area contributed by atoms with Gasteiger partial charge < -0.3 is 5.32 Å². The zero-order chi connectivity index (χ0) is 12.9. The third-order valence-electron chi connectivity index (χ3n) is 2.65. The van der Waals surface area contributed by atoms with E-state index in [1.807, 2.05) is 31.2 Å². The number of hydrogen-bond donors (Lipinski definition) is 1. The van der Waals surface area contributed by atoms with Crippen molar-refractivity contribution in [3.05, 3.63) is 34.3 Å². The Balaban J connectivity index is 2.62. The molecule has 0 saturated carbocycles. The van der Waals surface area contributed by atoms with E-state index in [2.05, 4.69) is 27.3 Å². The van der Waals surface area contributed by atoms with Gasteiger partial charge >= 0.3 is 0 Å². The Labute approximate surface area is 110 Å². The zero-order valence-electron chi connectivity index (χ0n) is 9.96. The Morgan fingerprint density at radius 1 is 1.47 bits per heavy atom. The molecule has 0 aliphatic heterocycles. The number of rotatable bonds is 4. The molecule has 90 valence electrons. The molecule has 0 saturated heterocycles. The maximum atomic E-state index is 11.8. The summed E-state index contributed by atoms with van der Waals surface area (Å²) < 4.78 is 0.983. The molecule has 0 heterocycles. The van der Waals surface area contributed by atoms with Gasteiger partial charge in [0.05, 0.1) is 12.5 Å². The van der Waals surface area contributed by atoms with Crippen molar-refractivity contribution in [2.45, 2.75) is 32.2 Å². The molecule has 1 amide bonds. The van der Waals surface area contributed by atoms with Crippen molar-refractivity contribution in [3.63, 3.8) is 0 Å². The molecule has 0 radical (unpaired) electrons. The van der Waals surface area contributed by atoms with Crippen LogP contribution in [-0.2, 0) is 11.2 Å². The molecule has 1 unspecified atom stereocenters. The Kier molecular flexibility index (Phi) is 4.71. The van der Waals surface area contributed by atoms with E-state index < -0.39 is 5.54 Å². The minimum absolute atomic E-state index is 0.127. The number of amides is 1. The fraction of sp³-hybridized carbons (Fsp3) is 0.385. The molecule has 0 spiro atoms. The Hall–Kier alpha value is -1.34. The van der Waals surface area contributed by atoms with Crippen LogP contribution < -0.4 is 5.32 Å². The van der Waals surface area contributed by atoms with Gasteiger partial charge in [-0.15, -0.1) is 0 Å². The first-order valence-electron chi connectivity index (χ1n) is 5.46. The minimum atomic E-state index is -0.771. The van der Waals surface area contributed by atoms with E-state index in [9.17, 15) is 4.79 Å². The van der Waals surface area contributed by atoms with Gasteiger partial charge in [0.1, 0.15) is 5.54 Å². The second kappa shape index (κ2) is 5.83. The predicted molar refractivity (Wildman–Crippen MR) is 70.3 cm³/mol. The lowest BCUT2D eigenvalue weighted by Crippen LogP contribution is -2.44. The van der Waals surface area contributed by atoms with E-state index in [0.717, 1.165) is 10.0 Å². The zero-order valence-corrected chi connectivity index (χ0v) is 11.5. The van der Waals surface area contributed by atoms with Gasteiger partial charge in [0.15, 0.2) is 0 Å². The van der Waals surface area contributed by atoms with Crippen LogP contribution in [0.4, 0.5) is 0 Å². The quantitative estimate of drug-likeness (QED) is 0.928. The highest BCUT2D eigenvalue weighted by Crippen LogP contribution is 2.12. The summed E-state index contributed by atoms with van der Waals surface area (Å²) in [6.45, 7) is 3.61. The Morgan fingerprint density at radius 3 is 2.53 bits per heavy atom. The van der Waals surface area contributed by atoms with Crippen LogP contribution >= 0.6 is 15.9 Å². The third-order valence-corrected chi connectivity index (χ3v) is 3.18. The van der Waals surface area contributed by atoms with Crippen molar-refractivity contribution in [2.75, 3.05) is 0 Å². The number of hydrogen-bond acceptors (Lipinski definition) is 2. The normalized spacial score (nSPS) is 13.5. The van der Waals surface area contributed by atoms with Crippen LogP contribution in [0.15, 0.2) is 28.7 Å². The van der Waals surface area contributed by atoms with Gasteiger partial charge in [-0.2, -0.15) is 5.26 Å². The number of carbonyl (C=O) groups is 1. The molecule has 17 heavy (non-hydrogen) atoms. The van der Waals surface area contributed by atoms with Crippen LogP contribution in [0.25, 0.3) is 0 Å². The molecule has 4 heteroatoms. The monoisotopic (exact) mass is 294 g/mol. The van der Waals surface area contributed by atoms with Crippen molar-refractivity contribution in [1.82, 2.24) is 5.32 Å². The number of carbonyl (C=O) groups excluding carboxylic acids is 1. The summed E-state index contributed by atoms with van der Waals surface area (Å²) in [5, 5.41) is 11.7. The van der Waals surface area contributed by atoms with Gasteiger partial charge in [0, 0.05) is 4.47 Å². The molecule has 0 fully saturated rings. The Morgan fingerprint density at radius 2 is 2.06 bits per heavy atom. The molecule has 3 nitrogen and oxygen atoms in total. The number of nitrogens with zero attached hydrogens (tertiary/aromatic N) is 1. The van der Waals surface area contributed by atoms with Crippen LogP contribution in [0, 0.1) is 11.3 Å². The molecule has 0 aliphatic rings. The number of halogens is 1. The van der Waals surface area contributed by atoms with Gasteiger partial charge in [-0.25, -0.2) is 0 Å². The summed E-state index contributed by atoms with van der Waals surface area (Å²) in [5.74, 6) is -0.127. The largest absolute Gasteiger partial charge is 0.338 e. The maximum absolute atomic E-state index is 11.8. The van der Waals surface area contributed by atoms with Crippen LogP contribution in [0.5, 0.6) is 0 Å². The summed E-state index contributed by atoms with van der Waals surface area (Å²) >= 11 is 3.34. The molecule has 0 aromatic heterocycles.